The van der Waals surface area contributed by atoms with E-state index in [-0.39, 0.29) is 25.9 Å². The second-order valence-electron chi connectivity index (χ2n) is 20.1. The van der Waals surface area contributed by atoms with Gasteiger partial charge in [0.25, 0.3) is 0 Å². The highest BCUT2D eigenvalue weighted by Crippen LogP contribution is 2.43. The lowest BCUT2D eigenvalue weighted by atomic mass is 10.1. The Labute approximate surface area is 487 Å². The monoisotopic (exact) mass is 1130 g/mol. The van der Waals surface area contributed by atoms with Crippen LogP contribution in [-0.2, 0) is 42.2 Å². The molecule has 0 aromatic carbocycles. The zero-order valence-electron chi connectivity index (χ0n) is 50.2. The number of aliphatic hydroxyl groups excluding tert-OH is 1. The van der Waals surface area contributed by atoms with Gasteiger partial charge in [-0.3, -0.25) is 23.4 Å². The first kappa shape index (κ1) is 75.6. The lowest BCUT2D eigenvalue weighted by Gasteiger charge is -2.21. The SMILES string of the molecule is CC/C=C\C/C=C\C/C=C\C/C=C\C/C=C\CCCCCC(=O)OC(CO)COP(=O)(O)OCC(COC(=O)CCCCCCC/C=C\CCCCCCCC)OC(=O)CCCCC/C=C\C/C=C\C/C=C\C/C=C\C/C=C\CC. The fourth-order valence-corrected chi connectivity index (χ4v) is 8.66. The van der Waals surface area contributed by atoms with Crippen molar-refractivity contribution in [2.45, 2.75) is 251 Å². The van der Waals surface area contributed by atoms with E-state index < -0.39 is 57.8 Å². The molecule has 0 spiro atoms. The van der Waals surface area contributed by atoms with E-state index in [2.05, 4.69) is 154 Å². The standard InChI is InChI=1S/C68H111O11P/c1-4-7-10-13-16-19-22-25-28-30-32-34-37-40-43-46-49-52-55-58-67(71)78-64(60-69)62-76-80(73,74)77-63-65(61-75-66(70)57-54-51-48-45-42-39-36-27-24-21-18-15-12-9-6-3)79-68(72)59-56-53-50-47-44-41-38-35-33-31-29-26-23-20-17-14-11-8-5-2/h7-8,10-11,16-17,19-20,25-29,32-36,40-41,43-44,64-65,69H,4-6,9,12-15,18,21-24,30-31,37-39,42,45-63H2,1-3H3,(H,73,74)/b10-7-,11-8-,19-16-,20-17-,28-25-,29-26-,34-32-,35-33-,36-27-,43-40-,44-41-. The molecule has 454 valence electrons. The molecule has 0 aromatic rings. The molecule has 0 amide bonds. The van der Waals surface area contributed by atoms with Crippen LogP contribution in [0.5, 0.6) is 0 Å². The van der Waals surface area contributed by atoms with E-state index in [9.17, 15) is 28.9 Å². The molecule has 0 aliphatic heterocycles. The topological polar surface area (TPSA) is 155 Å². The molecule has 12 heteroatoms. The molecule has 0 saturated carbocycles. The third-order valence-corrected chi connectivity index (χ3v) is 13.5. The van der Waals surface area contributed by atoms with Crippen molar-refractivity contribution in [2.24, 2.45) is 0 Å². The van der Waals surface area contributed by atoms with Gasteiger partial charge in [-0.2, -0.15) is 0 Å². The van der Waals surface area contributed by atoms with Crippen LogP contribution in [0.2, 0.25) is 0 Å². The minimum atomic E-state index is -4.78. The third-order valence-electron chi connectivity index (χ3n) is 12.5. The van der Waals surface area contributed by atoms with Gasteiger partial charge in [-0.25, -0.2) is 4.57 Å². The van der Waals surface area contributed by atoms with Crippen molar-refractivity contribution in [3.63, 3.8) is 0 Å². The lowest BCUT2D eigenvalue weighted by Crippen LogP contribution is -2.30. The quantitative estimate of drug-likeness (QED) is 0.0197. The van der Waals surface area contributed by atoms with Gasteiger partial charge in [-0.05, 0) is 135 Å². The normalized spacial score (nSPS) is 14.2. The number of unbranched alkanes of at least 4 members (excludes halogenated alkanes) is 17. The number of allylic oxidation sites excluding steroid dienone is 22. The molecule has 2 N–H and O–H groups in total. The number of carbonyl (C=O) groups is 3. The summed E-state index contributed by atoms with van der Waals surface area (Å²) in [5, 5.41) is 9.85. The maximum absolute atomic E-state index is 12.9. The minimum Gasteiger partial charge on any atom is -0.462 e. The highest BCUT2D eigenvalue weighted by Gasteiger charge is 2.28. The van der Waals surface area contributed by atoms with Gasteiger partial charge < -0.3 is 24.2 Å². The number of phosphoric ester groups is 1. The summed E-state index contributed by atoms with van der Waals surface area (Å²) in [5.41, 5.74) is 0. The van der Waals surface area contributed by atoms with Crippen LogP contribution in [0.1, 0.15) is 239 Å². The maximum Gasteiger partial charge on any atom is 0.472 e. The number of aliphatic hydroxyl groups is 1. The Morgan fingerprint density at radius 1 is 0.362 bits per heavy atom. The fraction of sp³-hybridized carbons (Fsp3) is 0.632. The fourth-order valence-electron chi connectivity index (χ4n) is 7.87. The van der Waals surface area contributed by atoms with Gasteiger partial charge in [0.2, 0.25) is 0 Å². The third kappa shape index (κ3) is 58.3. The van der Waals surface area contributed by atoms with Crippen molar-refractivity contribution >= 4 is 25.7 Å². The molecule has 80 heavy (non-hydrogen) atoms. The highest BCUT2D eigenvalue weighted by atomic mass is 31.2. The molecule has 0 heterocycles. The van der Waals surface area contributed by atoms with Crippen molar-refractivity contribution in [3.8, 4) is 0 Å². The van der Waals surface area contributed by atoms with E-state index >= 15 is 0 Å². The second kappa shape index (κ2) is 60.7. The number of rotatable bonds is 56. The van der Waals surface area contributed by atoms with Crippen LogP contribution in [0.25, 0.3) is 0 Å². The van der Waals surface area contributed by atoms with Gasteiger partial charge in [0, 0.05) is 19.3 Å². The van der Waals surface area contributed by atoms with Crippen LogP contribution < -0.4 is 0 Å². The molecular formula is C68H111O11P. The summed E-state index contributed by atoms with van der Waals surface area (Å²) in [6, 6.07) is 0. The minimum absolute atomic E-state index is 0.117. The number of ether oxygens (including phenoxy) is 3. The van der Waals surface area contributed by atoms with E-state index in [1.165, 1.54) is 38.5 Å². The molecule has 0 saturated heterocycles. The zero-order valence-corrected chi connectivity index (χ0v) is 51.1. The first-order chi connectivity index (χ1) is 39.2. The van der Waals surface area contributed by atoms with Crippen LogP contribution in [0.15, 0.2) is 134 Å². The van der Waals surface area contributed by atoms with Crippen molar-refractivity contribution < 1.29 is 52.2 Å². The average Bonchev–Trinajstić information content (AvgIpc) is 3.45. The lowest BCUT2D eigenvalue weighted by molar-refractivity contribution is -0.161. The first-order valence-corrected chi connectivity index (χ1v) is 32.6. The van der Waals surface area contributed by atoms with Crippen molar-refractivity contribution in [3.05, 3.63) is 134 Å². The summed E-state index contributed by atoms with van der Waals surface area (Å²) in [4.78, 5) is 48.7. The van der Waals surface area contributed by atoms with Crippen LogP contribution in [0.3, 0.4) is 0 Å². The van der Waals surface area contributed by atoms with Crippen molar-refractivity contribution in [2.75, 3.05) is 26.4 Å². The van der Waals surface area contributed by atoms with Crippen molar-refractivity contribution in [1.82, 2.24) is 0 Å². The molecule has 0 radical (unpaired) electrons. The molecule has 0 aliphatic rings. The summed E-state index contributed by atoms with van der Waals surface area (Å²) in [6.45, 7) is 4.33. The van der Waals surface area contributed by atoms with Gasteiger partial charge >= 0.3 is 25.7 Å². The Morgan fingerprint density at radius 3 is 1.02 bits per heavy atom. The predicted molar refractivity (Wildman–Crippen MR) is 334 cm³/mol. The summed E-state index contributed by atoms with van der Waals surface area (Å²) in [6.07, 6.45) is 76.9. The van der Waals surface area contributed by atoms with Gasteiger partial charge in [0.15, 0.2) is 6.10 Å². The summed E-state index contributed by atoms with van der Waals surface area (Å²) in [7, 11) is -4.78. The Balaban J connectivity index is 4.82. The Hall–Kier alpha value is -4.38. The molecule has 0 bridgehead atoms. The van der Waals surface area contributed by atoms with E-state index in [1.54, 1.807) is 0 Å². The van der Waals surface area contributed by atoms with E-state index in [0.717, 1.165) is 141 Å². The predicted octanol–water partition coefficient (Wildman–Crippen LogP) is 18.9. The first-order valence-electron chi connectivity index (χ1n) is 31.1. The van der Waals surface area contributed by atoms with Crippen molar-refractivity contribution in [1.29, 1.82) is 0 Å². The second-order valence-corrected chi connectivity index (χ2v) is 21.6. The van der Waals surface area contributed by atoms with E-state index in [1.807, 2.05) is 0 Å². The van der Waals surface area contributed by atoms with Crippen LogP contribution in [0.4, 0.5) is 0 Å². The molecule has 0 aromatic heterocycles. The molecule has 3 atom stereocenters. The summed E-state index contributed by atoms with van der Waals surface area (Å²) in [5.74, 6) is -1.56. The molecule has 3 unspecified atom stereocenters. The maximum atomic E-state index is 12.9. The largest absolute Gasteiger partial charge is 0.472 e. The summed E-state index contributed by atoms with van der Waals surface area (Å²) >= 11 is 0. The van der Waals surface area contributed by atoms with Crippen LogP contribution in [0, 0.1) is 0 Å². The van der Waals surface area contributed by atoms with Gasteiger partial charge in [0.05, 0.1) is 19.8 Å². The number of phosphoric acid groups is 1. The Bertz CT molecular complexity index is 1850. The number of hydrogen-bond acceptors (Lipinski definition) is 10. The summed E-state index contributed by atoms with van der Waals surface area (Å²) < 4.78 is 39.6. The molecule has 0 rings (SSSR count). The number of hydrogen-bond donors (Lipinski definition) is 2. The molecular weight excluding hydrogens is 1020 g/mol. The van der Waals surface area contributed by atoms with Crippen LogP contribution >= 0.6 is 7.82 Å². The van der Waals surface area contributed by atoms with Gasteiger partial charge in [0.1, 0.15) is 12.7 Å². The number of carbonyl (C=O) groups excluding carboxylic acids is 3. The zero-order chi connectivity index (χ0) is 58.3. The molecule has 11 nitrogen and oxygen atoms in total. The highest BCUT2D eigenvalue weighted by molar-refractivity contribution is 7.47. The Morgan fingerprint density at radius 2 is 0.650 bits per heavy atom. The average molecular weight is 1140 g/mol. The van der Waals surface area contributed by atoms with Crippen LogP contribution in [-0.4, -0.2) is 66.5 Å². The molecule has 0 fully saturated rings. The van der Waals surface area contributed by atoms with E-state index in [0.29, 0.717) is 19.3 Å². The smallest absolute Gasteiger partial charge is 0.462 e. The Kier molecular flexibility index (Phi) is 57.4. The van der Waals surface area contributed by atoms with Gasteiger partial charge in [-0.15, -0.1) is 0 Å². The van der Waals surface area contributed by atoms with E-state index in [4.69, 9.17) is 23.3 Å². The molecule has 0 aliphatic carbocycles. The van der Waals surface area contributed by atoms with Gasteiger partial charge in [-0.1, -0.05) is 219 Å². The number of esters is 3.